The van der Waals surface area contributed by atoms with Crippen LogP contribution in [0.25, 0.3) is 0 Å². The van der Waals surface area contributed by atoms with Crippen molar-refractivity contribution in [3.05, 3.63) is 0 Å². The molecule has 0 spiro atoms. The molecule has 0 unspecified atom stereocenters. The predicted molar refractivity (Wildman–Crippen MR) is 54.1 cm³/mol. The van der Waals surface area contributed by atoms with E-state index in [1.54, 1.807) is 6.92 Å². The first-order valence-electron chi connectivity index (χ1n) is 4.84. The molecule has 0 fully saturated rings. The van der Waals surface area contributed by atoms with E-state index in [2.05, 4.69) is 0 Å². The molecular weight excluding hydrogens is 200 g/mol. The fourth-order valence-corrected chi connectivity index (χ4v) is 1.07. The summed E-state index contributed by atoms with van der Waals surface area (Å²) < 4.78 is 0. The standard InChI is InChI=1S/C9H18N2O4/c1-3-11(5-7-13)9(15)8(14)10(2)4-6-12/h12-13H,3-7H2,1-2H3. The highest BCUT2D eigenvalue weighted by Gasteiger charge is 2.23. The van der Waals surface area contributed by atoms with Crippen molar-refractivity contribution in [2.45, 2.75) is 6.92 Å². The Balaban J connectivity index is 4.33. The summed E-state index contributed by atoms with van der Waals surface area (Å²) in [6.07, 6.45) is 0. The van der Waals surface area contributed by atoms with E-state index in [0.717, 1.165) is 4.90 Å². The van der Waals surface area contributed by atoms with Gasteiger partial charge in [0.25, 0.3) is 0 Å². The van der Waals surface area contributed by atoms with Gasteiger partial charge in [0.15, 0.2) is 0 Å². The third-order valence-electron chi connectivity index (χ3n) is 2.00. The van der Waals surface area contributed by atoms with E-state index in [9.17, 15) is 9.59 Å². The topological polar surface area (TPSA) is 81.1 Å². The molecule has 88 valence electrons. The number of aliphatic hydroxyl groups excluding tert-OH is 2. The molecule has 15 heavy (non-hydrogen) atoms. The highest BCUT2D eigenvalue weighted by molar-refractivity contribution is 6.34. The molecule has 0 bridgehead atoms. The highest BCUT2D eigenvalue weighted by Crippen LogP contribution is 1.94. The minimum atomic E-state index is -0.667. The molecule has 0 atom stereocenters. The van der Waals surface area contributed by atoms with Crippen molar-refractivity contribution < 1.29 is 19.8 Å². The van der Waals surface area contributed by atoms with Crippen LogP contribution in [0.3, 0.4) is 0 Å². The van der Waals surface area contributed by atoms with Gasteiger partial charge in [0.05, 0.1) is 13.2 Å². The minimum absolute atomic E-state index is 0.126. The third-order valence-corrected chi connectivity index (χ3v) is 2.00. The summed E-state index contributed by atoms with van der Waals surface area (Å²) in [6, 6.07) is 0. The van der Waals surface area contributed by atoms with Crippen LogP contribution in [0.4, 0.5) is 0 Å². The van der Waals surface area contributed by atoms with Gasteiger partial charge < -0.3 is 20.0 Å². The van der Waals surface area contributed by atoms with Gasteiger partial charge in [0, 0.05) is 26.7 Å². The lowest BCUT2D eigenvalue weighted by atomic mass is 10.4. The van der Waals surface area contributed by atoms with Gasteiger partial charge in [-0.1, -0.05) is 0 Å². The molecule has 0 aromatic heterocycles. The summed E-state index contributed by atoms with van der Waals surface area (Å²) in [4.78, 5) is 25.4. The smallest absolute Gasteiger partial charge is 0.312 e. The number of aliphatic hydroxyl groups is 2. The molecular formula is C9H18N2O4. The van der Waals surface area contributed by atoms with E-state index in [4.69, 9.17) is 10.2 Å². The summed E-state index contributed by atoms with van der Waals surface area (Å²) >= 11 is 0. The number of hydrogen-bond donors (Lipinski definition) is 2. The second kappa shape index (κ2) is 7.19. The SMILES string of the molecule is CCN(CCO)C(=O)C(=O)N(C)CCO. The number of likely N-dealkylation sites (N-methyl/N-ethyl adjacent to an activating group) is 2. The summed E-state index contributed by atoms with van der Waals surface area (Å²) in [5.41, 5.74) is 0. The van der Waals surface area contributed by atoms with Crippen LogP contribution in [0.5, 0.6) is 0 Å². The second-order valence-corrected chi connectivity index (χ2v) is 3.06. The molecule has 0 aliphatic carbocycles. The largest absolute Gasteiger partial charge is 0.395 e. The third kappa shape index (κ3) is 4.26. The maximum Gasteiger partial charge on any atom is 0.312 e. The van der Waals surface area contributed by atoms with Crippen molar-refractivity contribution in [2.75, 3.05) is 39.9 Å². The van der Waals surface area contributed by atoms with Gasteiger partial charge in [0.1, 0.15) is 0 Å². The summed E-state index contributed by atoms with van der Waals surface area (Å²) in [5, 5.41) is 17.3. The molecule has 0 aliphatic heterocycles. The zero-order valence-corrected chi connectivity index (χ0v) is 9.14. The fourth-order valence-electron chi connectivity index (χ4n) is 1.07. The van der Waals surface area contributed by atoms with Crippen molar-refractivity contribution in [1.82, 2.24) is 9.80 Å². The van der Waals surface area contributed by atoms with Crippen LogP contribution in [0.15, 0.2) is 0 Å². The molecule has 6 heteroatoms. The number of carbonyl (C=O) groups is 2. The normalized spacial score (nSPS) is 9.87. The van der Waals surface area contributed by atoms with E-state index in [1.807, 2.05) is 0 Å². The van der Waals surface area contributed by atoms with Crippen LogP contribution in [-0.2, 0) is 9.59 Å². The van der Waals surface area contributed by atoms with Gasteiger partial charge >= 0.3 is 11.8 Å². The molecule has 0 saturated heterocycles. The van der Waals surface area contributed by atoms with Crippen molar-refractivity contribution >= 4 is 11.8 Å². The Morgan fingerprint density at radius 3 is 2.00 bits per heavy atom. The van der Waals surface area contributed by atoms with Crippen LogP contribution >= 0.6 is 0 Å². The minimum Gasteiger partial charge on any atom is -0.395 e. The Bertz CT molecular complexity index is 220. The van der Waals surface area contributed by atoms with Crippen molar-refractivity contribution in [2.24, 2.45) is 0 Å². The molecule has 0 radical (unpaired) electrons. The zero-order chi connectivity index (χ0) is 11.8. The fraction of sp³-hybridized carbons (Fsp3) is 0.778. The first-order chi connectivity index (χ1) is 7.08. The van der Waals surface area contributed by atoms with E-state index >= 15 is 0 Å². The second-order valence-electron chi connectivity index (χ2n) is 3.06. The van der Waals surface area contributed by atoms with Crippen molar-refractivity contribution in [3.63, 3.8) is 0 Å². The molecule has 0 heterocycles. The Morgan fingerprint density at radius 2 is 1.60 bits per heavy atom. The predicted octanol–water partition coefficient (Wildman–Crippen LogP) is -1.72. The van der Waals surface area contributed by atoms with Crippen molar-refractivity contribution in [3.8, 4) is 0 Å². The van der Waals surface area contributed by atoms with Crippen LogP contribution in [0.2, 0.25) is 0 Å². The molecule has 0 aromatic carbocycles. The van der Waals surface area contributed by atoms with Crippen molar-refractivity contribution in [1.29, 1.82) is 0 Å². The van der Waals surface area contributed by atoms with Gasteiger partial charge in [-0.05, 0) is 6.92 Å². The maximum atomic E-state index is 11.5. The summed E-state index contributed by atoms with van der Waals surface area (Å²) in [7, 11) is 1.45. The molecule has 2 N–H and O–H groups in total. The van der Waals surface area contributed by atoms with Gasteiger partial charge in [-0.25, -0.2) is 0 Å². The Labute approximate surface area is 89.1 Å². The monoisotopic (exact) mass is 218 g/mol. The highest BCUT2D eigenvalue weighted by atomic mass is 16.3. The first kappa shape index (κ1) is 13.9. The van der Waals surface area contributed by atoms with E-state index < -0.39 is 11.8 Å². The van der Waals surface area contributed by atoms with Crippen LogP contribution < -0.4 is 0 Å². The number of rotatable bonds is 5. The average Bonchev–Trinajstić information content (AvgIpc) is 2.24. The Hall–Kier alpha value is -1.14. The number of nitrogens with zero attached hydrogens (tertiary/aromatic N) is 2. The molecule has 0 aliphatic rings. The van der Waals surface area contributed by atoms with Crippen LogP contribution in [0.1, 0.15) is 6.92 Å². The number of carbonyl (C=O) groups excluding carboxylic acids is 2. The quantitative estimate of drug-likeness (QED) is 0.538. The van der Waals surface area contributed by atoms with Gasteiger partial charge in [-0.2, -0.15) is 0 Å². The molecule has 0 saturated carbocycles. The van der Waals surface area contributed by atoms with E-state index in [-0.39, 0.29) is 26.3 Å². The first-order valence-corrected chi connectivity index (χ1v) is 4.84. The van der Waals surface area contributed by atoms with E-state index in [0.29, 0.717) is 6.54 Å². The van der Waals surface area contributed by atoms with E-state index in [1.165, 1.54) is 11.9 Å². The Kier molecular flexibility index (Phi) is 6.64. The zero-order valence-electron chi connectivity index (χ0n) is 9.14. The average molecular weight is 218 g/mol. The number of amides is 2. The maximum absolute atomic E-state index is 11.5. The summed E-state index contributed by atoms with van der Waals surface area (Å²) in [6.45, 7) is 2.03. The molecule has 2 amide bonds. The van der Waals surface area contributed by atoms with Crippen LogP contribution in [-0.4, -0.2) is 71.7 Å². The molecule has 0 aromatic rings. The van der Waals surface area contributed by atoms with Gasteiger partial charge in [0.2, 0.25) is 0 Å². The molecule has 6 nitrogen and oxygen atoms in total. The lowest BCUT2D eigenvalue weighted by molar-refractivity contribution is -0.151. The lowest BCUT2D eigenvalue weighted by Gasteiger charge is -2.22. The lowest BCUT2D eigenvalue weighted by Crippen LogP contribution is -2.45. The summed E-state index contributed by atoms with van der Waals surface area (Å²) in [5.74, 6) is -1.32. The van der Waals surface area contributed by atoms with Crippen LogP contribution in [0, 0.1) is 0 Å². The van der Waals surface area contributed by atoms with Gasteiger partial charge in [-0.15, -0.1) is 0 Å². The number of hydrogen-bond acceptors (Lipinski definition) is 4. The molecule has 0 rings (SSSR count). The van der Waals surface area contributed by atoms with Gasteiger partial charge in [-0.3, -0.25) is 9.59 Å². The Morgan fingerprint density at radius 1 is 1.07 bits per heavy atom.